The quantitative estimate of drug-likeness (QED) is 0.445. The molecule has 0 aliphatic carbocycles. The molecule has 4 rings (SSSR count). The number of fused-ring (bicyclic) bond motifs is 1. The van der Waals surface area contributed by atoms with Crippen molar-refractivity contribution in [2.24, 2.45) is 0 Å². The second-order valence-corrected chi connectivity index (χ2v) is 10.3. The van der Waals surface area contributed by atoms with E-state index in [-0.39, 0.29) is 29.8 Å². The molecule has 200 valence electrons. The van der Waals surface area contributed by atoms with Gasteiger partial charge in [-0.1, -0.05) is 37.3 Å². The first kappa shape index (κ1) is 27.1. The fourth-order valence-electron chi connectivity index (χ4n) is 4.69. The third-order valence-corrected chi connectivity index (χ3v) is 6.98. The molecular formula is C29H35N5O4. The number of carbonyl (C=O) groups is 2. The molecule has 1 saturated heterocycles. The Morgan fingerprint density at radius 1 is 1.16 bits per heavy atom. The minimum Gasteiger partial charge on any atom is -0.388 e. The fourth-order valence-corrected chi connectivity index (χ4v) is 4.69. The molecule has 0 saturated carbocycles. The van der Waals surface area contributed by atoms with Crippen LogP contribution >= 0.6 is 0 Å². The van der Waals surface area contributed by atoms with E-state index in [0.717, 1.165) is 5.56 Å². The first-order valence-corrected chi connectivity index (χ1v) is 12.8. The highest BCUT2D eigenvalue weighted by molar-refractivity contribution is 6.00. The van der Waals surface area contributed by atoms with Crippen LogP contribution in [-0.2, 0) is 16.1 Å². The van der Waals surface area contributed by atoms with Gasteiger partial charge < -0.3 is 20.2 Å². The molecule has 2 aromatic carbocycles. The third-order valence-electron chi connectivity index (χ3n) is 6.98. The van der Waals surface area contributed by atoms with E-state index in [9.17, 15) is 19.5 Å². The van der Waals surface area contributed by atoms with Crippen molar-refractivity contribution in [1.82, 2.24) is 19.4 Å². The highest BCUT2D eigenvalue weighted by Crippen LogP contribution is 2.26. The van der Waals surface area contributed by atoms with Crippen molar-refractivity contribution in [1.29, 1.82) is 0 Å². The van der Waals surface area contributed by atoms with Crippen LogP contribution in [0.25, 0.3) is 10.9 Å². The van der Waals surface area contributed by atoms with E-state index in [4.69, 9.17) is 0 Å². The number of carbonyl (C=O) groups excluding carboxylic acids is 2. The second-order valence-electron chi connectivity index (χ2n) is 10.3. The summed E-state index contributed by atoms with van der Waals surface area (Å²) in [6, 6.07) is 14.9. The molecule has 9 nitrogen and oxygen atoms in total. The second kappa shape index (κ2) is 11.6. The van der Waals surface area contributed by atoms with Gasteiger partial charge in [0.2, 0.25) is 11.8 Å². The van der Waals surface area contributed by atoms with Crippen LogP contribution in [0.4, 0.5) is 5.69 Å². The van der Waals surface area contributed by atoms with Crippen LogP contribution in [0, 0.1) is 0 Å². The molecular weight excluding hydrogens is 482 g/mol. The lowest BCUT2D eigenvalue weighted by Gasteiger charge is -2.38. The molecule has 1 fully saturated rings. The summed E-state index contributed by atoms with van der Waals surface area (Å²) < 4.78 is 1.43. The van der Waals surface area contributed by atoms with E-state index >= 15 is 0 Å². The molecule has 1 aromatic heterocycles. The molecule has 2 heterocycles. The molecule has 1 aliphatic heterocycles. The van der Waals surface area contributed by atoms with Gasteiger partial charge in [0.25, 0.3) is 5.56 Å². The van der Waals surface area contributed by atoms with E-state index in [1.165, 1.54) is 17.0 Å². The van der Waals surface area contributed by atoms with Gasteiger partial charge in [0.05, 0.1) is 29.4 Å². The Morgan fingerprint density at radius 3 is 2.55 bits per heavy atom. The predicted octanol–water partition coefficient (Wildman–Crippen LogP) is 2.96. The average Bonchev–Trinajstić information content (AvgIpc) is 2.90. The number of rotatable bonds is 8. The van der Waals surface area contributed by atoms with Crippen LogP contribution in [0.3, 0.4) is 0 Å². The summed E-state index contributed by atoms with van der Waals surface area (Å²) in [6.07, 6.45) is 5.68. The van der Waals surface area contributed by atoms with Crippen LogP contribution in [0.15, 0.2) is 71.9 Å². The summed E-state index contributed by atoms with van der Waals surface area (Å²) in [7, 11) is 3.64. The minimum atomic E-state index is -1.10. The highest BCUT2D eigenvalue weighted by Gasteiger charge is 2.35. The van der Waals surface area contributed by atoms with Gasteiger partial charge in [0, 0.05) is 51.6 Å². The maximum absolute atomic E-state index is 13.1. The number of anilines is 1. The number of nitrogens with one attached hydrogen (secondary N) is 1. The van der Waals surface area contributed by atoms with Crippen LogP contribution in [0.5, 0.6) is 0 Å². The van der Waals surface area contributed by atoms with Crippen molar-refractivity contribution in [2.75, 3.05) is 32.5 Å². The Morgan fingerprint density at radius 2 is 1.87 bits per heavy atom. The molecule has 1 aliphatic rings. The zero-order valence-electron chi connectivity index (χ0n) is 22.1. The molecule has 9 heteroatoms. The number of aromatic nitrogens is 2. The zero-order valence-corrected chi connectivity index (χ0v) is 22.1. The lowest BCUT2D eigenvalue weighted by atomic mass is 9.90. The number of piperidine rings is 1. The first-order valence-electron chi connectivity index (χ1n) is 12.8. The highest BCUT2D eigenvalue weighted by atomic mass is 16.3. The van der Waals surface area contributed by atoms with Crippen LogP contribution in [0.2, 0.25) is 0 Å². The summed E-state index contributed by atoms with van der Waals surface area (Å²) in [5, 5.41) is 14.4. The molecule has 2 amide bonds. The predicted molar refractivity (Wildman–Crippen MR) is 148 cm³/mol. The van der Waals surface area contributed by atoms with E-state index in [1.807, 2.05) is 51.4 Å². The topological polar surface area (TPSA) is 108 Å². The Kier molecular flexibility index (Phi) is 8.26. The number of likely N-dealkylation sites (tertiary alicyclic amines) is 1. The number of hydrogen-bond donors (Lipinski definition) is 2. The van der Waals surface area contributed by atoms with Crippen molar-refractivity contribution in [3.05, 3.63) is 83.1 Å². The van der Waals surface area contributed by atoms with E-state index < -0.39 is 5.60 Å². The van der Waals surface area contributed by atoms with E-state index in [2.05, 4.69) is 10.3 Å². The summed E-state index contributed by atoms with van der Waals surface area (Å²) in [6.45, 7) is 3.03. The number of benzene rings is 2. The Bertz CT molecular complexity index is 1370. The van der Waals surface area contributed by atoms with Crippen molar-refractivity contribution >= 4 is 28.4 Å². The van der Waals surface area contributed by atoms with Crippen molar-refractivity contribution in [2.45, 2.75) is 44.2 Å². The van der Waals surface area contributed by atoms with Crippen molar-refractivity contribution in [3.8, 4) is 0 Å². The monoisotopic (exact) mass is 517 g/mol. The van der Waals surface area contributed by atoms with E-state index in [1.54, 1.807) is 34.2 Å². The Hall–Kier alpha value is -3.98. The van der Waals surface area contributed by atoms with E-state index in [0.29, 0.717) is 48.9 Å². The summed E-state index contributed by atoms with van der Waals surface area (Å²) in [5.74, 6) is -0.0869. The minimum absolute atomic E-state index is 0.0769. The molecule has 3 aromatic rings. The molecule has 0 bridgehead atoms. The normalized spacial score (nSPS) is 15.9. The number of nitrogens with zero attached hydrogens (tertiary/aromatic N) is 4. The van der Waals surface area contributed by atoms with Gasteiger partial charge in [0.1, 0.15) is 0 Å². The van der Waals surface area contributed by atoms with Gasteiger partial charge in [-0.2, -0.15) is 0 Å². The third kappa shape index (κ3) is 6.66. The average molecular weight is 518 g/mol. The standard InChI is InChI=1S/C29H35N5O4/c1-21(22-7-5-4-6-8-22)17-27(36)33-15-12-29(38,13-16-33)19-34-20-30-25-18-23(9-10-24(25)28(34)37)31-26(35)11-14-32(2)3/h4-11,14,18,20-21,38H,12-13,15-17,19H2,1-3H3,(H,31,35). The number of amides is 2. The molecule has 0 spiro atoms. The maximum atomic E-state index is 13.1. The van der Waals surface area contributed by atoms with Crippen molar-refractivity contribution < 1.29 is 14.7 Å². The molecule has 2 N–H and O–H groups in total. The zero-order chi connectivity index (χ0) is 27.3. The van der Waals surface area contributed by atoms with Gasteiger partial charge in [0.15, 0.2) is 0 Å². The SMILES string of the molecule is CC(CC(=O)N1CCC(O)(Cn2cnc3cc(NC(=O)C=CN(C)C)ccc3c2=O)CC1)c1ccccc1. The summed E-state index contributed by atoms with van der Waals surface area (Å²) in [4.78, 5) is 46.0. The Balaban J connectivity index is 1.37. The van der Waals surface area contributed by atoms with Gasteiger partial charge in [-0.05, 0) is 42.5 Å². The first-order chi connectivity index (χ1) is 18.1. The lowest BCUT2D eigenvalue weighted by molar-refractivity contribution is -0.136. The molecule has 1 unspecified atom stereocenters. The summed E-state index contributed by atoms with van der Waals surface area (Å²) in [5.41, 5.74) is 0.763. The fraction of sp³-hybridized carbons (Fsp3) is 0.379. The Labute approximate surface area is 222 Å². The molecule has 1 atom stereocenters. The lowest BCUT2D eigenvalue weighted by Crippen LogP contribution is -2.49. The molecule has 0 radical (unpaired) electrons. The van der Waals surface area contributed by atoms with Crippen molar-refractivity contribution in [3.63, 3.8) is 0 Å². The van der Waals surface area contributed by atoms with Gasteiger partial charge in [-0.25, -0.2) is 4.98 Å². The van der Waals surface area contributed by atoms with Crippen LogP contribution in [0.1, 0.15) is 37.7 Å². The summed E-state index contributed by atoms with van der Waals surface area (Å²) >= 11 is 0. The largest absolute Gasteiger partial charge is 0.388 e. The van der Waals surface area contributed by atoms with Gasteiger partial charge in [-0.15, -0.1) is 0 Å². The van der Waals surface area contributed by atoms with Gasteiger partial charge >= 0.3 is 0 Å². The van der Waals surface area contributed by atoms with Crippen LogP contribution in [-0.4, -0.2) is 69.1 Å². The number of hydrogen-bond acceptors (Lipinski definition) is 6. The molecule has 38 heavy (non-hydrogen) atoms. The van der Waals surface area contributed by atoms with Gasteiger partial charge in [-0.3, -0.25) is 19.0 Å². The number of aliphatic hydroxyl groups is 1. The smallest absolute Gasteiger partial charge is 0.261 e. The maximum Gasteiger partial charge on any atom is 0.261 e. The van der Waals surface area contributed by atoms with Crippen LogP contribution < -0.4 is 10.9 Å².